The maximum Gasteiger partial charge on any atom is 0.185 e. The van der Waals surface area contributed by atoms with Crippen LogP contribution in [-0.4, -0.2) is 10.4 Å². The third-order valence-corrected chi connectivity index (χ3v) is 5.06. The van der Waals surface area contributed by atoms with Crippen LogP contribution < -0.4 is 4.74 Å². The minimum atomic E-state index is -0.0708. The van der Waals surface area contributed by atoms with Gasteiger partial charge in [-0.1, -0.05) is 26.0 Å². The van der Waals surface area contributed by atoms with E-state index in [1.807, 2.05) is 77.6 Å². The summed E-state index contributed by atoms with van der Waals surface area (Å²) in [5.74, 6) is 2.55. The number of aromatic nitrogens is 1. The lowest BCUT2D eigenvalue weighted by molar-refractivity contribution is 0.104. The number of hydrogen-bond acceptors (Lipinski definition) is 3. The minimum absolute atomic E-state index is 0.0708. The Morgan fingerprint density at radius 3 is 2.35 bits per heavy atom. The van der Waals surface area contributed by atoms with Crippen molar-refractivity contribution >= 4 is 11.9 Å². The zero-order valence-corrected chi connectivity index (χ0v) is 17.7. The van der Waals surface area contributed by atoms with E-state index in [0.717, 1.165) is 11.4 Å². The Balaban J connectivity index is 1.33. The first-order chi connectivity index (χ1) is 15.1. The van der Waals surface area contributed by atoms with E-state index < -0.39 is 0 Å². The van der Waals surface area contributed by atoms with Crippen LogP contribution in [0.15, 0.2) is 95.7 Å². The van der Waals surface area contributed by atoms with Crippen molar-refractivity contribution in [3.05, 3.63) is 114 Å². The highest BCUT2D eigenvalue weighted by molar-refractivity contribution is 6.06. The van der Waals surface area contributed by atoms with Gasteiger partial charge >= 0.3 is 0 Å². The Morgan fingerprint density at radius 2 is 1.68 bits per heavy atom. The van der Waals surface area contributed by atoms with E-state index in [1.165, 1.54) is 11.6 Å². The number of ether oxygens (including phenoxy) is 1. The second-order valence-electron chi connectivity index (χ2n) is 7.65. The fraction of sp³-hybridized carbons (Fsp3) is 0.148. The van der Waals surface area contributed by atoms with Gasteiger partial charge in [-0.15, -0.1) is 0 Å². The summed E-state index contributed by atoms with van der Waals surface area (Å²) in [5, 5.41) is 0. The van der Waals surface area contributed by atoms with Crippen LogP contribution in [-0.2, 0) is 6.61 Å². The van der Waals surface area contributed by atoms with Gasteiger partial charge in [0, 0.05) is 23.6 Å². The molecule has 0 N–H and O–H groups in total. The first kappa shape index (κ1) is 20.5. The Kier molecular flexibility index (Phi) is 6.18. The van der Waals surface area contributed by atoms with Crippen LogP contribution in [0.1, 0.15) is 47.2 Å². The van der Waals surface area contributed by atoms with Crippen LogP contribution in [0.4, 0.5) is 0 Å². The normalized spacial score (nSPS) is 11.3. The van der Waals surface area contributed by atoms with Crippen molar-refractivity contribution in [2.45, 2.75) is 26.4 Å². The quantitative estimate of drug-likeness (QED) is 0.240. The molecule has 0 aliphatic carbocycles. The van der Waals surface area contributed by atoms with Crippen LogP contribution >= 0.6 is 0 Å². The molecule has 4 nitrogen and oxygen atoms in total. The molecule has 0 spiro atoms. The summed E-state index contributed by atoms with van der Waals surface area (Å²) >= 11 is 0. The highest BCUT2D eigenvalue weighted by atomic mass is 16.5. The molecule has 0 aliphatic heterocycles. The molecule has 0 fully saturated rings. The first-order valence-corrected chi connectivity index (χ1v) is 10.4. The van der Waals surface area contributed by atoms with Crippen molar-refractivity contribution in [3.8, 4) is 11.4 Å². The number of ketones is 1. The molecule has 4 heteroatoms. The van der Waals surface area contributed by atoms with Gasteiger partial charge in [-0.3, -0.25) is 4.79 Å². The maximum atomic E-state index is 12.4. The number of carbonyl (C=O) groups excluding carboxylic acids is 1. The summed E-state index contributed by atoms with van der Waals surface area (Å²) < 4.78 is 13.5. The summed E-state index contributed by atoms with van der Waals surface area (Å²) in [4.78, 5) is 12.4. The molecular formula is C27H25NO3. The highest BCUT2D eigenvalue weighted by Gasteiger charge is 2.05. The zero-order chi connectivity index (χ0) is 21.6. The summed E-state index contributed by atoms with van der Waals surface area (Å²) in [6.07, 6.45) is 7.15. The molecule has 4 aromatic rings. The zero-order valence-electron chi connectivity index (χ0n) is 17.7. The monoisotopic (exact) mass is 411 g/mol. The molecule has 0 bridgehead atoms. The van der Waals surface area contributed by atoms with E-state index in [1.54, 1.807) is 6.08 Å². The molecule has 2 heterocycles. The van der Waals surface area contributed by atoms with E-state index in [4.69, 9.17) is 9.15 Å². The second kappa shape index (κ2) is 9.35. The lowest BCUT2D eigenvalue weighted by Crippen LogP contribution is -1.96. The summed E-state index contributed by atoms with van der Waals surface area (Å²) in [5.41, 5.74) is 2.92. The molecule has 0 atom stereocenters. The van der Waals surface area contributed by atoms with Crippen molar-refractivity contribution < 1.29 is 13.9 Å². The van der Waals surface area contributed by atoms with Crippen LogP contribution in [0.5, 0.6) is 5.75 Å². The SMILES string of the molecule is CC(C)c1ccc(OCc2ccc(/C=C/C(=O)c3ccc(-n4cccc4)cc3)o2)cc1. The van der Waals surface area contributed by atoms with Gasteiger partial charge in [0.05, 0.1) is 0 Å². The number of hydrogen-bond donors (Lipinski definition) is 0. The highest BCUT2D eigenvalue weighted by Crippen LogP contribution is 2.20. The van der Waals surface area contributed by atoms with Gasteiger partial charge in [0.15, 0.2) is 5.78 Å². The van der Waals surface area contributed by atoms with E-state index >= 15 is 0 Å². The maximum absolute atomic E-state index is 12.4. The van der Waals surface area contributed by atoms with Gasteiger partial charge in [0.1, 0.15) is 23.9 Å². The summed E-state index contributed by atoms with van der Waals surface area (Å²) in [7, 11) is 0. The predicted octanol–water partition coefficient (Wildman–Crippen LogP) is 6.67. The average Bonchev–Trinajstić information content (AvgIpc) is 3.49. The second-order valence-corrected chi connectivity index (χ2v) is 7.65. The average molecular weight is 412 g/mol. The lowest BCUT2D eigenvalue weighted by atomic mass is 10.0. The summed E-state index contributed by atoms with van der Waals surface area (Å²) in [6.45, 7) is 4.67. The largest absolute Gasteiger partial charge is 0.486 e. The van der Waals surface area contributed by atoms with Crippen LogP contribution in [0, 0.1) is 0 Å². The Hall–Kier alpha value is -3.79. The third kappa shape index (κ3) is 5.23. The van der Waals surface area contributed by atoms with E-state index in [2.05, 4.69) is 26.0 Å². The van der Waals surface area contributed by atoms with Crippen molar-refractivity contribution in [2.24, 2.45) is 0 Å². The molecule has 2 aromatic heterocycles. The predicted molar refractivity (Wildman–Crippen MR) is 123 cm³/mol. The fourth-order valence-corrected chi connectivity index (χ4v) is 3.22. The molecule has 0 amide bonds. The van der Waals surface area contributed by atoms with E-state index in [9.17, 15) is 4.79 Å². The molecular weight excluding hydrogens is 386 g/mol. The first-order valence-electron chi connectivity index (χ1n) is 10.4. The van der Waals surface area contributed by atoms with Crippen LogP contribution in [0.25, 0.3) is 11.8 Å². The smallest absolute Gasteiger partial charge is 0.185 e. The van der Waals surface area contributed by atoms with Gasteiger partial charge in [-0.05, 0) is 84.3 Å². The van der Waals surface area contributed by atoms with Gasteiger partial charge < -0.3 is 13.7 Å². The standard InChI is InChI=1S/C27H25NO3/c1-20(2)21-7-11-24(12-8-21)30-19-26-14-13-25(31-26)15-16-27(29)22-5-9-23(10-6-22)28-17-3-4-18-28/h3-18,20H,19H2,1-2H3/b16-15+. The van der Waals surface area contributed by atoms with Crippen LogP contribution in [0.3, 0.4) is 0 Å². The number of nitrogens with zero attached hydrogens (tertiary/aromatic N) is 1. The molecule has 0 aliphatic rings. The van der Waals surface area contributed by atoms with Crippen LogP contribution in [0.2, 0.25) is 0 Å². The molecule has 31 heavy (non-hydrogen) atoms. The number of allylic oxidation sites excluding steroid dienone is 1. The molecule has 0 saturated heterocycles. The number of carbonyl (C=O) groups is 1. The van der Waals surface area contributed by atoms with Crippen molar-refractivity contribution in [2.75, 3.05) is 0 Å². The minimum Gasteiger partial charge on any atom is -0.486 e. The number of rotatable bonds is 8. The summed E-state index contributed by atoms with van der Waals surface area (Å²) in [6, 6.07) is 23.2. The third-order valence-electron chi connectivity index (χ3n) is 5.06. The molecule has 156 valence electrons. The Morgan fingerprint density at radius 1 is 0.968 bits per heavy atom. The van der Waals surface area contributed by atoms with E-state index in [-0.39, 0.29) is 5.78 Å². The van der Waals surface area contributed by atoms with Gasteiger partial charge in [0.25, 0.3) is 0 Å². The van der Waals surface area contributed by atoms with Gasteiger partial charge in [-0.2, -0.15) is 0 Å². The lowest BCUT2D eigenvalue weighted by Gasteiger charge is -2.07. The molecule has 0 saturated carbocycles. The number of benzene rings is 2. The number of furan rings is 1. The fourth-order valence-electron chi connectivity index (χ4n) is 3.22. The Labute approximate surface area is 182 Å². The molecule has 4 rings (SSSR count). The topological polar surface area (TPSA) is 44.4 Å². The van der Waals surface area contributed by atoms with E-state index in [0.29, 0.717) is 29.6 Å². The molecule has 0 unspecified atom stereocenters. The molecule has 0 radical (unpaired) electrons. The van der Waals surface area contributed by atoms with Gasteiger partial charge in [-0.25, -0.2) is 0 Å². The van der Waals surface area contributed by atoms with Crippen molar-refractivity contribution in [1.29, 1.82) is 0 Å². The Bertz CT molecular complexity index is 1150. The van der Waals surface area contributed by atoms with Crippen molar-refractivity contribution in [1.82, 2.24) is 4.57 Å². The molecule has 2 aromatic carbocycles. The van der Waals surface area contributed by atoms with Gasteiger partial charge in [0.2, 0.25) is 0 Å². The van der Waals surface area contributed by atoms with Crippen molar-refractivity contribution in [3.63, 3.8) is 0 Å².